The molecule has 0 amide bonds. The van der Waals surface area contributed by atoms with E-state index in [0.717, 1.165) is 13.1 Å². The number of aromatic amines is 1. The monoisotopic (exact) mass is 331 g/mol. The molecule has 0 radical (unpaired) electrons. The van der Waals surface area contributed by atoms with E-state index in [1.807, 2.05) is 4.98 Å². The minimum atomic E-state index is -2.48. The number of aliphatic hydroxyl groups is 3. The average molecular weight is 331 g/mol. The van der Waals surface area contributed by atoms with Crippen LogP contribution in [0.3, 0.4) is 0 Å². The fourth-order valence-electron chi connectivity index (χ4n) is 2.51. The number of carboxylic acids is 1. The van der Waals surface area contributed by atoms with Crippen LogP contribution in [0.15, 0.2) is 15.8 Å². The lowest BCUT2D eigenvalue weighted by molar-refractivity contribution is -0.184. The van der Waals surface area contributed by atoms with Crippen LogP contribution in [0.2, 0.25) is 0 Å². The summed E-state index contributed by atoms with van der Waals surface area (Å²) in [5, 5.41) is 38.2. The third kappa shape index (κ3) is 2.58. The van der Waals surface area contributed by atoms with Crippen molar-refractivity contribution in [1.82, 2.24) is 9.55 Å². The zero-order valence-corrected chi connectivity index (χ0v) is 12.1. The smallest absolute Gasteiger partial charge is 0.330 e. The Morgan fingerprint density at radius 1 is 1.52 bits per heavy atom. The highest BCUT2D eigenvalue weighted by Gasteiger charge is 2.62. The highest BCUT2D eigenvalue weighted by molar-refractivity contribution is 5.69. The van der Waals surface area contributed by atoms with Gasteiger partial charge in [-0.1, -0.05) is 0 Å². The van der Waals surface area contributed by atoms with Crippen LogP contribution in [0.1, 0.15) is 12.5 Å². The van der Waals surface area contributed by atoms with Gasteiger partial charge in [0.2, 0.25) is 0 Å². The van der Waals surface area contributed by atoms with Crippen LogP contribution in [-0.4, -0.2) is 60.5 Å². The summed E-state index contributed by atoms with van der Waals surface area (Å²) in [5.74, 6) is -1.31. The van der Waals surface area contributed by atoms with Crippen LogP contribution in [0.4, 0.5) is 0 Å². The largest absolute Gasteiger partial charge is 0.481 e. The van der Waals surface area contributed by atoms with E-state index in [1.165, 1.54) is 0 Å². The van der Waals surface area contributed by atoms with E-state index >= 15 is 0 Å². The van der Waals surface area contributed by atoms with Crippen LogP contribution in [0, 0.1) is 0 Å². The Labute approximate surface area is 128 Å². The second-order valence-corrected chi connectivity index (χ2v) is 5.45. The SMILES string of the molecule is C[C@@]1(n2cc(CC(=O)O)c(=O)[nH]c2=O)O[C@H](CO)[C@@H](O)[C@@]1(N)O. The first-order valence-corrected chi connectivity index (χ1v) is 6.59. The molecule has 1 saturated heterocycles. The number of nitrogens with two attached hydrogens (primary N) is 1. The molecule has 0 aromatic carbocycles. The molecule has 1 aromatic rings. The fourth-order valence-corrected chi connectivity index (χ4v) is 2.51. The molecule has 0 bridgehead atoms. The highest BCUT2D eigenvalue weighted by Crippen LogP contribution is 2.39. The van der Waals surface area contributed by atoms with Gasteiger partial charge >= 0.3 is 11.7 Å². The summed E-state index contributed by atoms with van der Waals surface area (Å²) >= 11 is 0. The van der Waals surface area contributed by atoms with Gasteiger partial charge in [0, 0.05) is 11.8 Å². The lowest BCUT2D eigenvalue weighted by Gasteiger charge is -2.37. The molecule has 1 aliphatic heterocycles. The average Bonchev–Trinajstić information content (AvgIpc) is 2.62. The molecule has 23 heavy (non-hydrogen) atoms. The molecule has 0 spiro atoms. The van der Waals surface area contributed by atoms with Crippen LogP contribution in [0.25, 0.3) is 0 Å². The Balaban J connectivity index is 2.63. The lowest BCUT2D eigenvalue weighted by atomic mass is 9.96. The Morgan fingerprint density at radius 2 is 2.13 bits per heavy atom. The summed E-state index contributed by atoms with van der Waals surface area (Å²) in [6, 6.07) is 0. The van der Waals surface area contributed by atoms with Gasteiger partial charge in [-0.2, -0.15) is 0 Å². The van der Waals surface area contributed by atoms with Crippen molar-refractivity contribution >= 4 is 5.97 Å². The van der Waals surface area contributed by atoms with Crippen molar-refractivity contribution in [2.24, 2.45) is 5.73 Å². The van der Waals surface area contributed by atoms with Gasteiger partial charge in [-0.15, -0.1) is 0 Å². The Hall–Kier alpha value is -2.05. The van der Waals surface area contributed by atoms with Crippen molar-refractivity contribution in [1.29, 1.82) is 0 Å². The van der Waals surface area contributed by atoms with E-state index in [-0.39, 0.29) is 5.56 Å². The number of carbonyl (C=O) groups is 1. The molecule has 7 N–H and O–H groups in total. The number of hydrogen-bond donors (Lipinski definition) is 6. The van der Waals surface area contributed by atoms with Crippen molar-refractivity contribution in [3.05, 3.63) is 32.6 Å². The number of aliphatic carboxylic acids is 1. The fraction of sp³-hybridized carbons (Fsp3) is 0.583. The normalized spacial score (nSPS) is 33.8. The molecule has 1 aromatic heterocycles. The predicted octanol–water partition coefficient (Wildman–Crippen LogP) is -3.76. The van der Waals surface area contributed by atoms with Crippen molar-refractivity contribution in [2.75, 3.05) is 6.61 Å². The Bertz CT molecular complexity index is 739. The zero-order valence-electron chi connectivity index (χ0n) is 12.1. The van der Waals surface area contributed by atoms with E-state index in [2.05, 4.69) is 0 Å². The quantitative estimate of drug-likeness (QED) is 0.301. The molecule has 11 heteroatoms. The molecule has 0 saturated carbocycles. The minimum Gasteiger partial charge on any atom is -0.481 e. The topological polar surface area (TPSA) is 188 Å². The summed E-state index contributed by atoms with van der Waals surface area (Å²) in [7, 11) is 0. The third-order valence-corrected chi connectivity index (χ3v) is 3.92. The molecule has 2 heterocycles. The molecule has 1 fully saturated rings. The van der Waals surface area contributed by atoms with Crippen LogP contribution in [0.5, 0.6) is 0 Å². The number of carboxylic acid groups (broad SMARTS) is 1. The molecular weight excluding hydrogens is 314 g/mol. The zero-order chi connectivity index (χ0) is 17.6. The van der Waals surface area contributed by atoms with Gasteiger partial charge in [-0.05, 0) is 6.92 Å². The third-order valence-electron chi connectivity index (χ3n) is 3.92. The summed E-state index contributed by atoms with van der Waals surface area (Å²) in [6.45, 7) is 0.479. The summed E-state index contributed by atoms with van der Waals surface area (Å²) in [4.78, 5) is 36.3. The number of aliphatic hydroxyl groups excluding tert-OH is 2. The van der Waals surface area contributed by atoms with Crippen LogP contribution in [-0.2, 0) is 21.7 Å². The van der Waals surface area contributed by atoms with Gasteiger partial charge in [-0.25, -0.2) is 4.79 Å². The lowest BCUT2D eigenvalue weighted by Crippen LogP contribution is -2.64. The molecular formula is C12H17N3O8. The summed E-state index contributed by atoms with van der Waals surface area (Å²) in [6.07, 6.45) is -2.80. The number of rotatable bonds is 4. The van der Waals surface area contributed by atoms with E-state index in [0.29, 0.717) is 4.57 Å². The van der Waals surface area contributed by atoms with E-state index in [4.69, 9.17) is 20.7 Å². The van der Waals surface area contributed by atoms with Crippen LogP contribution >= 0.6 is 0 Å². The van der Waals surface area contributed by atoms with E-state index in [9.17, 15) is 24.6 Å². The molecule has 11 nitrogen and oxygen atoms in total. The van der Waals surface area contributed by atoms with Crippen molar-refractivity contribution in [3.8, 4) is 0 Å². The van der Waals surface area contributed by atoms with Gasteiger partial charge in [0.15, 0.2) is 11.4 Å². The molecule has 0 unspecified atom stereocenters. The minimum absolute atomic E-state index is 0.278. The Kier molecular flexibility index (Phi) is 4.17. The van der Waals surface area contributed by atoms with Gasteiger partial charge in [0.25, 0.3) is 5.56 Å². The standard InChI is InChI=1S/C12H17N3O8/c1-11(12(13,22)8(19)6(4-16)23-11)15-3-5(2-7(17)18)9(20)14-10(15)21/h3,6,8,16,19,22H,2,4,13H2,1H3,(H,17,18)(H,14,20,21)/t6-,8-,11-,12-/m1/s1. The summed E-state index contributed by atoms with van der Waals surface area (Å²) < 4.78 is 6.00. The number of aromatic nitrogens is 2. The molecule has 0 aliphatic carbocycles. The van der Waals surface area contributed by atoms with Gasteiger partial charge in [0.1, 0.15) is 12.2 Å². The van der Waals surface area contributed by atoms with Gasteiger partial charge in [-0.3, -0.25) is 24.9 Å². The first kappa shape index (κ1) is 17.3. The number of ether oxygens (including phenoxy) is 1. The number of H-pyrrole nitrogens is 1. The maximum absolute atomic E-state index is 12.0. The maximum Gasteiger partial charge on any atom is 0.330 e. The number of nitrogens with zero attached hydrogens (tertiary/aromatic N) is 1. The van der Waals surface area contributed by atoms with Crippen molar-refractivity contribution in [3.63, 3.8) is 0 Å². The second-order valence-electron chi connectivity index (χ2n) is 5.45. The van der Waals surface area contributed by atoms with Gasteiger partial charge < -0.3 is 25.2 Å². The highest BCUT2D eigenvalue weighted by atomic mass is 16.6. The Morgan fingerprint density at radius 3 is 2.61 bits per heavy atom. The summed E-state index contributed by atoms with van der Waals surface area (Å²) in [5.41, 5.74) is -1.08. The molecule has 1 aliphatic rings. The number of hydrogen-bond acceptors (Lipinski definition) is 8. The van der Waals surface area contributed by atoms with E-state index < -0.39 is 53.9 Å². The maximum atomic E-state index is 12.0. The first-order valence-electron chi connectivity index (χ1n) is 6.59. The second kappa shape index (κ2) is 5.54. The molecule has 4 atom stereocenters. The van der Waals surface area contributed by atoms with Crippen molar-refractivity contribution in [2.45, 2.75) is 37.0 Å². The number of nitrogens with one attached hydrogen (secondary N) is 1. The van der Waals surface area contributed by atoms with E-state index in [1.54, 1.807) is 0 Å². The molecule has 128 valence electrons. The van der Waals surface area contributed by atoms with Gasteiger partial charge in [0.05, 0.1) is 13.0 Å². The predicted molar refractivity (Wildman–Crippen MR) is 73.4 cm³/mol. The first-order chi connectivity index (χ1) is 10.5. The van der Waals surface area contributed by atoms with Crippen molar-refractivity contribution < 1.29 is 30.0 Å². The van der Waals surface area contributed by atoms with Crippen LogP contribution < -0.4 is 17.0 Å². The molecule has 2 rings (SSSR count).